The molecule has 0 fully saturated rings. The fraction of sp³-hybridized carbons (Fsp3) is 0.310. The fourth-order valence-electron chi connectivity index (χ4n) is 4.40. The molecule has 0 amide bonds. The molecule has 4 rings (SSSR count). The van der Waals surface area contributed by atoms with Gasteiger partial charge in [0.2, 0.25) is 0 Å². The molecule has 0 aliphatic rings. The lowest BCUT2D eigenvalue weighted by molar-refractivity contribution is 0.320. The monoisotopic (exact) mass is 425 g/mol. The van der Waals surface area contributed by atoms with Crippen LogP contribution in [0.15, 0.2) is 84.9 Å². The smallest absolute Gasteiger partial charge is 0.0211 e. The Labute approximate surface area is 192 Å². The highest BCUT2D eigenvalue weighted by atomic mass is 15.1. The van der Waals surface area contributed by atoms with E-state index in [1.807, 2.05) is 0 Å². The van der Waals surface area contributed by atoms with Gasteiger partial charge in [0.15, 0.2) is 0 Å². The van der Waals surface area contributed by atoms with Crippen molar-refractivity contribution >= 4 is 21.5 Å². The molecule has 0 saturated heterocycles. The maximum absolute atomic E-state index is 3.62. The average molecular weight is 426 g/mol. The third-order valence-electron chi connectivity index (χ3n) is 6.18. The minimum Gasteiger partial charge on any atom is -0.313 e. The lowest BCUT2D eigenvalue weighted by Crippen LogP contribution is -2.27. The molecule has 32 heavy (non-hydrogen) atoms. The molecule has 3 nitrogen and oxygen atoms in total. The van der Waals surface area contributed by atoms with Crippen molar-refractivity contribution in [2.45, 2.75) is 25.9 Å². The van der Waals surface area contributed by atoms with Gasteiger partial charge in [-0.1, -0.05) is 84.9 Å². The Kier molecular flexibility index (Phi) is 8.27. The van der Waals surface area contributed by atoms with E-state index in [0.717, 1.165) is 39.3 Å². The minimum atomic E-state index is 0.934. The van der Waals surface area contributed by atoms with Crippen LogP contribution in [-0.2, 0) is 13.1 Å². The van der Waals surface area contributed by atoms with Crippen LogP contribution in [0.4, 0.5) is 0 Å². The largest absolute Gasteiger partial charge is 0.313 e. The standard InChI is InChI=1S/C29H35N3/c1-32(20-8-18-30-22-26-14-6-12-24-10-2-4-16-28(24)26)21-9-19-31-23-27-15-7-13-25-11-3-5-17-29(25)27/h2-7,10-17,30-31H,8-9,18-23H2,1H3. The normalized spacial score (nSPS) is 11.6. The maximum atomic E-state index is 3.62. The van der Waals surface area contributed by atoms with Crippen LogP contribution in [0, 0.1) is 0 Å². The van der Waals surface area contributed by atoms with E-state index in [0.29, 0.717) is 0 Å². The molecule has 4 aromatic rings. The summed E-state index contributed by atoms with van der Waals surface area (Å²) >= 11 is 0. The van der Waals surface area contributed by atoms with Crippen molar-refractivity contribution in [3.8, 4) is 0 Å². The number of hydrogen-bond donors (Lipinski definition) is 2. The van der Waals surface area contributed by atoms with Crippen LogP contribution in [0.3, 0.4) is 0 Å². The maximum Gasteiger partial charge on any atom is 0.0211 e. The molecule has 2 N–H and O–H groups in total. The fourth-order valence-corrected chi connectivity index (χ4v) is 4.40. The molecule has 4 aromatic carbocycles. The van der Waals surface area contributed by atoms with Gasteiger partial charge in [-0.15, -0.1) is 0 Å². The van der Waals surface area contributed by atoms with E-state index in [9.17, 15) is 0 Å². The van der Waals surface area contributed by atoms with Gasteiger partial charge in [-0.3, -0.25) is 0 Å². The Bertz CT molecular complexity index is 1020. The molecular weight excluding hydrogens is 390 g/mol. The van der Waals surface area contributed by atoms with E-state index >= 15 is 0 Å². The van der Waals surface area contributed by atoms with Crippen LogP contribution in [0.2, 0.25) is 0 Å². The summed E-state index contributed by atoms with van der Waals surface area (Å²) < 4.78 is 0. The number of fused-ring (bicyclic) bond motifs is 2. The molecule has 0 aliphatic carbocycles. The van der Waals surface area contributed by atoms with E-state index in [1.165, 1.54) is 45.5 Å². The molecule has 166 valence electrons. The summed E-state index contributed by atoms with van der Waals surface area (Å²) in [5.41, 5.74) is 2.77. The number of nitrogens with one attached hydrogen (secondary N) is 2. The second kappa shape index (κ2) is 11.8. The highest BCUT2D eigenvalue weighted by Gasteiger charge is 2.02. The first-order chi connectivity index (χ1) is 15.8. The number of rotatable bonds is 12. The zero-order valence-electron chi connectivity index (χ0n) is 19.2. The summed E-state index contributed by atoms with van der Waals surface area (Å²) in [7, 11) is 2.23. The van der Waals surface area contributed by atoms with Crippen LogP contribution in [0.1, 0.15) is 24.0 Å². The summed E-state index contributed by atoms with van der Waals surface area (Å²) in [5.74, 6) is 0. The molecule has 3 heteroatoms. The second-order valence-corrected chi connectivity index (χ2v) is 8.64. The van der Waals surface area contributed by atoms with E-state index in [-0.39, 0.29) is 0 Å². The number of hydrogen-bond acceptors (Lipinski definition) is 3. The van der Waals surface area contributed by atoms with Gasteiger partial charge in [0, 0.05) is 13.1 Å². The molecule has 0 bridgehead atoms. The molecule has 0 atom stereocenters. The third kappa shape index (κ3) is 6.17. The lowest BCUT2D eigenvalue weighted by atomic mass is 10.0. The van der Waals surface area contributed by atoms with Gasteiger partial charge in [0.05, 0.1) is 0 Å². The molecule has 0 aliphatic heterocycles. The molecular formula is C29H35N3. The third-order valence-corrected chi connectivity index (χ3v) is 6.18. The predicted molar refractivity (Wildman–Crippen MR) is 138 cm³/mol. The van der Waals surface area contributed by atoms with Gasteiger partial charge in [-0.05, 0) is 78.7 Å². The minimum absolute atomic E-state index is 0.934. The SMILES string of the molecule is CN(CCCNCc1cccc2ccccc12)CCCNCc1cccc2ccccc12. The van der Waals surface area contributed by atoms with E-state index in [2.05, 4.69) is 108 Å². The molecule has 0 saturated carbocycles. The Morgan fingerprint density at radius 1 is 0.562 bits per heavy atom. The molecule has 0 unspecified atom stereocenters. The van der Waals surface area contributed by atoms with Crippen molar-refractivity contribution in [2.24, 2.45) is 0 Å². The first kappa shape index (κ1) is 22.5. The summed E-state index contributed by atoms with van der Waals surface area (Å²) in [4.78, 5) is 2.44. The van der Waals surface area contributed by atoms with Crippen molar-refractivity contribution in [3.63, 3.8) is 0 Å². The summed E-state index contributed by atoms with van der Waals surface area (Å²) in [6.45, 7) is 6.23. The van der Waals surface area contributed by atoms with Crippen molar-refractivity contribution in [1.82, 2.24) is 15.5 Å². The second-order valence-electron chi connectivity index (χ2n) is 8.64. The van der Waals surface area contributed by atoms with Crippen molar-refractivity contribution in [2.75, 3.05) is 33.2 Å². The number of benzene rings is 4. The van der Waals surface area contributed by atoms with Gasteiger partial charge < -0.3 is 15.5 Å². The average Bonchev–Trinajstić information content (AvgIpc) is 2.84. The molecule has 0 spiro atoms. The first-order valence-electron chi connectivity index (χ1n) is 11.8. The molecule has 0 aromatic heterocycles. The first-order valence-corrected chi connectivity index (χ1v) is 11.8. The van der Waals surface area contributed by atoms with Gasteiger partial charge >= 0.3 is 0 Å². The molecule has 0 heterocycles. The number of nitrogens with zero attached hydrogens (tertiary/aromatic N) is 1. The van der Waals surface area contributed by atoms with Crippen LogP contribution in [0.25, 0.3) is 21.5 Å². The van der Waals surface area contributed by atoms with Crippen molar-refractivity contribution in [1.29, 1.82) is 0 Å². The summed E-state index contributed by atoms with van der Waals surface area (Å²) in [5, 5.41) is 12.6. The molecule has 0 radical (unpaired) electrons. The summed E-state index contributed by atoms with van der Waals surface area (Å²) in [6, 6.07) is 30.4. The summed E-state index contributed by atoms with van der Waals surface area (Å²) in [6.07, 6.45) is 2.34. The Morgan fingerprint density at radius 2 is 1.00 bits per heavy atom. The highest BCUT2D eigenvalue weighted by molar-refractivity contribution is 5.86. The quantitative estimate of drug-likeness (QED) is 0.290. The van der Waals surface area contributed by atoms with Crippen molar-refractivity contribution < 1.29 is 0 Å². The Morgan fingerprint density at radius 3 is 1.50 bits per heavy atom. The van der Waals surface area contributed by atoms with Gasteiger partial charge in [0.25, 0.3) is 0 Å². The van der Waals surface area contributed by atoms with E-state index in [1.54, 1.807) is 0 Å². The van der Waals surface area contributed by atoms with Crippen LogP contribution in [-0.4, -0.2) is 38.1 Å². The lowest BCUT2D eigenvalue weighted by Gasteiger charge is -2.17. The Balaban J connectivity index is 1.09. The van der Waals surface area contributed by atoms with Crippen LogP contribution in [0.5, 0.6) is 0 Å². The highest BCUT2D eigenvalue weighted by Crippen LogP contribution is 2.19. The zero-order chi connectivity index (χ0) is 22.0. The van der Waals surface area contributed by atoms with E-state index in [4.69, 9.17) is 0 Å². The van der Waals surface area contributed by atoms with Gasteiger partial charge in [-0.2, -0.15) is 0 Å². The zero-order valence-corrected chi connectivity index (χ0v) is 19.2. The van der Waals surface area contributed by atoms with Crippen LogP contribution < -0.4 is 10.6 Å². The van der Waals surface area contributed by atoms with Crippen molar-refractivity contribution in [3.05, 3.63) is 96.1 Å². The van der Waals surface area contributed by atoms with Gasteiger partial charge in [0.1, 0.15) is 0 Å². The van der Waals surface area contributed by atoms with Gasteiger partial charge in [-0.25, -0.2) is 0 Å². The Hall–Kier alpha value is -2.72. The van der Waals surface area contributed by atoms with E-state index < -0.39 is 0 Å². The van der Waals surface area contributed by atoms with Crippen LogP contribution >= 0.6 is 0 Å². The predicted octanol–water partition coefficient (Wildman–Crippen LogP) is 5.58. The topological polar surface area (TPSA) is 27.3 Å².